The molecule has 0 spiro atoms. The maximum Gasteiger partial charge on any atom is 0.304 e. The molecule has 27 heavy (non-hydrogen) atoms. The molecule has 2 unspecified atom stereocenters. The van der Waals surface area contributed by atoms with Crippen LogP contribution < -0.4 is 5.32 Å². The first-order chi connectivity index (χ1) is 12.9. The van der Waals surface area contributed by atoms with Crippen LogP contribution in [0.2, 0.25) is 0 Å². The molecule has 0 heterocycles. The van der Waals surface area contributed by atoms with Gasteiger partial charge in [0.1, 0.15) is 5.37 Å². The van der Waals surface area contributed by atoms with Crippen molar-refractivity contribution in [1.29, 1.82) is 0 Å². The van der Waals surface area contributed by atoms with Gasteiger partial charge in [-0.1, -0.05) is 60.7 Å². The quantitative estimate of drug-likeness (QED) is 0.518. The fraction of sp³-hybridized carbons (Fsp3) is 0.190. The number of hydrogen-bond donors (Lipinski definition) is 1. The van der Waals surface area contributed by atoms with E-state index in [-0.39, 0.29) is 4.90 Å². The van der Waals surface area contributed by atoms with Gasteiger partial charge in [0.2, 0.25) is 0 Å². The van der Waals surface area contributed by atoms with Crippen LogP contribution in [0.15, 0.2) is 77.7 Å². The molecule has 0 aliphatic heterocycles. The van der Waals surface area contributed by atoms with E-state index in [1.165, 1.54) is 6.92 Å². The molecule has 0 bridgehead atoms. The smallest absolute Gasteiger partial charge is 0.304 e. The summed E-state index contributed by atoms with van der Waals surface area (Å²) < 4.78 is 31.9. The summed E-state index contributed by atoms with van der Waals surface area (Å²) in [7, 11) is -3.78. The van der Waals surface area contributed by atoms with Gasteiger partial charge in [0.15, 0.2) is 16.1 Å². The third-order valence-corrected chi connectivity index (χ3v) is 6.16. The predicted molar refractivity (Wildman–Crippen MR) is 105 cm³/mol. The average Bonchev–Trinajstić information content (AvgIpc) is 2.66. The Balaban J connectivity index is 2.14. The first kappa shape index (κ1) is 19.1. The predicted octanol–water partition coefficient (Wildman–Crippen LogP) is 3.81. The molecule has 1 N–H and O–H groups in total. The lowest BCUT2D eigenvalue weighted by molar-refractivity contribution is -0.147. The van der Waals surface area contributed by atoms with Crippen LogP contribution in [-0.2, 0) is 19.4 Å². The molecule has 0 amide bonds. The van der Waals surface area contributed by atoms with Crippen LogP contribution in [0, 0.1) is 0 Å². The van der Waals surface area contributed by atoms with Gasteiger partial charge in [-0.2, -0.15) is 0 Å². The molecule has 0 radical (unpaired) electrons. The van der Waals surface area contributed by atoms with E-state index in [9.17, 15) is 13.2 Å². The van der Waals surface area contributed by atoms with E-state index in [1.54, 1.807) is 43.3 Å². The number of fused-ring (bicyclic) bond motifs is 1. The third kappa shape index (κ3) is 4.18. The van der Waals surface area contributed by atoms with E-state index in [0.29, 0.717) is 5.56 Å². The van der Waals surface area contributed by atoms with Gasteiger partial charge in [-0.3, -0.25) is 10.1 Å². The molecule has 0 saturated heterocycles. The number of hydrogen-bond acceptors (Lipinski definition) is 5. The number of esters is 1. The van der Waals surface area contributed by atoms with Crippen molar-refractivity contribution in [3.8, 4) is 0 Å². The number of nitrogens with one attached hydrogen (secondary N) is 1. The Morgan fingerprint density at radius 2 is 1.56 bits per heavy atom. The van der Waals surface area contributed by atoms with Gasteiger partial charge in [-0.25, -0.2) is 8.42 Å². The van der Waals surface area contributed by atoms with Gasteiger partial charge in [-0.15, -0.1) is 0 Å². The first-order valence-electron chi connectivity index (χ1n) is 8.59. The second-order valence-corrected chi connectivity index (χ2v) is 8.26. The Bertz CT molecular complexity index is 1040. The lowest BCUT2D eigenvalue weighted by Crippen LogP contribution is -2.38. The molecule has 0 fully saturated rings. The number of rotatable bonds is 6. The van der Waals surface area contributed by atoms with Crippen molar-refractivity contribution in [2.45, 2.75) is 30.3 Å². The minimum Gasteiger partial charge on any atom is -0.447 e. The molecule has 0 aliphatic carbocycles. The van der Waals surface area contributed by atoms with Crippen LogP contribution in [0.5, 0.6) is 0 Å². The molecular formula is C21H21NO4S. The zero-order valence-electron chi connectivity index (χ0n) is 15.1. The largest absolute Gasteiger partial charge is 0.447 e. The second-order valence-electron chi connectivity index (χ2n) is 6.22. The van der Waals surface area contributed by atoms with Crippen LogP contribution in [0.25, 0.3) is 10.8 Å². The molecule has 0 aliphatic rings. The van der Waals surface area contributed by atoms with E-state index in [2.05, 4.69) is 5.32 Å². The highest BCUT2D eigenvalue weighted by Gasteiger charge is 2.32. The molecule has 6 heteroatoms. The average molecular weight is 383 g/mol. The molecule has 3 rings (SSSR count). The summed E-state index contributed by atoms with van der Waals surface area (Å²) in [6.45, 7) is 2.90. The Hall–Kier alpha value is -2.70. The van der Waals surface area contributed by atoms with Crippen LogP contribution in [0.4, 0.5) is 0 Å². The van der Waals surface area contributed by atoms with Crippen molar-refractivity contribution in [1.82, 2.24) is 5.32 Å². The highest BCUT2D eigenvalue weighted by molar-refractivity contribution is 7.91. The molecule has 5 nitrogen and oxygen atoms in total. The fourth-order valence-electron chi connectivity index (χ4n) is 3.07. The first-order valence-corrected chi connectivity index (χ1v) is 10.1. The van der Waals surface area contributed by atoms with Gasteiger partial charge < -0.3 is 4.74 Å². The van der Waals surface area contributed by atoms with E-state index >= 15 is 0 Å². The number of ether oxygens (including phenoxy) is 1. The van der Waals surface area contributed by atoms with Crippen molar-refractivity contribution < 1.29 is 17.9 Å². The van der Waals surface area contributed by atoms with Crippen molar-refractivity contribution >= 4 is 26.6 Å². The Labute approximate surface area is 158 Å². The van der Waals surface area contributed by atoms with Crippen LogP contribution in [-0.4, -0.2) is 20.6 Å². The third-order valence-electron chi connectivity index (χ3n) is 4.22. The summed E-state index contributed by atoms with van der Waals surface area (Å²) in [6, 6.07) is 21.4. The minimum absolute atomic E-state index is 0.199. The highest BCUT2D eigenvalue weighted by atomic mass is 32.2. The molecule has 3 aromatic carbocycles. The van der Waals surface area contributed by atoms with Gasteiger partial charge in [0.25, 0.3) is 0 Å². The molecule has 140 valence electrons. The lowest BCUT2D eigenvalue weighted by atomic mass is 10.0. The molecule has 3 aromatic rings. The summed E-state index contributed by atoms with van der Waals surface area (Å²) >= 11 is 0. The molecule has 0 aromatic heterocycles. The number of carbonyl (C=O) groups is 1. The maximum absolute atomic E-state index is 13.4. The van der Waals surface area contributed by atoms with Crippen molar-refractivity contribution in [2.75, 3.05) is 0 Å². The van der Waals surface area contributed by atoms with Gasteiger partial charge in [-0.05, 0) is 35.4 Å². The Morgan fingerprint density at radius 3 is 2.26 bits per heavy atom. The monoisotopic (exact) mass is 383 g/mol. The zero-order valence-corrected chi connectivity index (χ0v) is 15.9. The minimum atomic E-state index is -3.78. The number of benzene rings is 3. The van der Waals surface area contributed by atoms with Crippen molar-refractivity contribution in [3.63, 3.8) is 0 Å². The summed E-state index contributed by atoms with van der Waals surface area (Å²) in [6.07, 6.45) is -0.773. The molecular weight excluding hydrogens is 362 g/mol. The summed E-state index contributed by atoms with van der Waals surface area (Å²) in [4.78, 5) is 11.5. The standard InChI is InChI=1S/C21H21NO4S/c1-15(26-16(2)23)22-21(27(24,25)18-11-4-3-5-12-18)20-14-8-10-17-9-6-7-13-19(17)20/h3-15,21-22H,1-2H3. The zero-order chi connectivity index (χ0) is 19.4. The van der Waals surface area contributed by atoms with E-state index in [1.807, 2.05) is 36.4 Å². The number of sulfone groups is 1. The van der Waals surface area contributed by atoms with E-state index in [4.69, 9.17) is 4.74 Å². The highest BCUT2D eigenvalue weighted by Crippen LogP contribution is 2.32. The topological polar surface area (TPSA) is 72.5 Å². The lowest BCUT2D eigenvalue weighted by Gasteiger charge is -2.25. The van der Waals surface area contributed by atoms with Crippen LogP contribution in [0.3, 0.4) is 0 Å². The summed E-state index contributed by atoms with van der Waals surface area (Å²) in [5, 5.41) is 3.66. The number of carbonyl (C=O) groups excluding carboxylic acids is 1. The van der Waals surface area contributed by atoms with Crippen LogP contribution >= 0.6 is 0 Å². The Morgan fingerprint density at radius 1 is 0.926 bits per heavy atom. The SMILES string of the molecule is CC(=O)OC(C)NC(c1cccc2ccccc12)S(=O)(=O)c1ccccc1. The van der Waals surface area contributed by atoms with E-state index in [0.717, 1.165) is 10.8 Å². The molecule has 0 saturated carbocycles. The maximum atomic E-state index is 13.4. The second kappa shape index (κ2) is 7.90. The van der Waals surface area contributed by atoms with E-state index < -0.39 is 27.4 Å². The van der Waals surface area contributed by atoms with Gasteiger partial charge >= 0.3 is 5.97 Å². The van der Waals surface area contributed by atoms with Crippen LogP contribution in [0.1, 0.15) is 24.8 Å². The summed E-state index contributed by atoms with van der Waals surface area (Å²) in [5.41, 5.74) is 0.607. The molecule has 2 atom stereocenters. The summed E-state index contributed by atoms with van der Waals surface area (Å²) in [5.74, 6) is -0.483. The fourth-order valence-corrected chi connectivity index (χ4v) is 4.79. The van der Waals surface area contributed by atoms with Gasteiger partial charge in [0.05, 0.1) is 4.90 Å². The normalized spacial score (nSPS) is 13.9. The van der Waals surface area contributed by atoms with Gasteiger partial charge in [0, 0.05) is 6.92 Å². The Kier molecular flexibility index (Phi) is 5.58. The van der Waals surface area contributed by atoms with Crippen molar-refractivity contribution in [2.24, 2.45) is 0 Å². The van der Waals surface area contributed by atoms with Crippen molar-refractivity contribution in [3.05, 3.63) is 78.4 Å².